The van der Waals surface area contributed by atoms with Crippen LogP contribution in [0.3, 0.4) is 0 Å². The fraction of sp³-hybridized carbons (Fsp3) is 0.111. The number of nitrogens with zero attached hydrogens (tertiary/aromatic N) is 1. The van der Waals surface area contributed by atoms with E-state index in [0.29, 0.717) is 16.7 Å². The molecule has 0 aliphatic rings. The number of ether oxygens (including phenoxy) is 2. The molecule has 0 unspecified atom stereocenters. The van der Waals surface area contributed by atoms with E-state index in [1.54, 1.807) is 6.07 Å². The third kappa shape index (κ3) is 4.00. The van der Waals surface area contributed by atoms with E-state index in [9.17, 15) is 13.6 Å². The van der Waals surface area contributed by atoms with Crippen LogP contribution in [0.25, 0.3) is 10.9 Å². The van der Waals surface area contributed by atoms with Crippen LogP contribution in [0, 0.1) is 11.6 Å². The summed E-state index contributed by atoms with van der Waals surface area (Å²) < 4.78 is 37.4. The van der Waals surface area contributed by atoms with Gasteiger partial charge in [0, 0.05) is 17.5 Å². The molecule has 128 valence electrons. The zero-order chi connectivity index (χ0) is 17.8. The van der Waals surface area contributed by atoms with Crippen LogP contribution < -0.4 is 9.47 Å². The summed E-state index contributed by atoms with van der Waals surface area (Å²) >= 11 is 0. The standard InChI is InChI=1S/C18H13F2NO4/c19-11-2-1-3-13(8-11)24-6-7-25-17-10-16(18(22)23)21-15-5-4-12(20)9-14(15)17/h1-5,8-10H,6-7H2,(H,22,23). The molecular formula is C18H13F2NO4. The van der Waals surface area contributed by atoms with Gasteiger partial charge in [0.25, 0.3) is 0 Å². The van der Waals surface area contributed by atoms with Gasteiger partial charge in [-0.25, -0.2) is 18.6 Å². The van der Waals surface area contributed by atoms with Crippen LogP contribution in [0.2, 0.25) is 0 Å². The van der Waals surface area contributed by atoms with Crippen molar-refractivity contribution in [3.63, 3.8) is 0 Å². The second-order valence-corrected chi connectivity index (χ2v) is 5.13. The molecule has 0 radical (unpaired) electrons. The molecule has 0 saturated heterocycles. The molecule has 2 aromatic carbocycles. The molecule has 1 N–H and O–H groups in total. The molecule has 3 aromatic rings. The Morgan fingerprint density at radius 1 is 1.00 bits per heavy atom. The summed E-state index contributed by atoms with van der Waals surface area (Å²) in [4.78, 5) is 15.1. The van der Waals surface area contributed by atoms with Crippen molar-refractivity contribution in [1.82, 2.24) is 4.98 Å². The number of carboxylic acid groups (broad SMARTS) is 1. The van der Waals surface area contributed by atoms with Crippen molar-refractivity contribution >= 4 is 16.9 Å². The minimum atomic E-state index is -1.22. The Bertz CT molecular complexity index is 930. The van der Waals surface area contributed by atoms with Gasteiger partial charge in [-0.2, -0.15) is 0 Å². The molecule has 0 bridgehead atoms. The van der Waals surface area contributed by atoms with Gasteiger partial charge in [-0.15, -0.1) is 0 Å². The topological polar surface area (TPSA) is 68.7 Å². The van der Waals surface area contributed by atoms with Crippen molar-refractivity contribution < 1.29 is 28.2 Å². The molecule has 7 heteroatoms. The second-order valence-electron chi connectivity index (χ2n) is 5.13. The van der Waals surface area contributed by atoms with Crippen LogP contribution in [-0.4, -0.2) is 29.3 Å². The number of halogens is 2. The SMILES string of the molecule is O=C(O)c1cc(OCCOc2cccc(F)c2)c2cc(F)ccc2n1. The molecule has 5 nitrogen and oxygen atoms in total. The molecule has 3 rings (SSSR count). The van der Waals surface area contributed by atoms with Crippen molar-refractivity contribution in [1.29, 1.82) is 0 Å². The fourth-order valence-corrected chi connectivity index (χ4v) is 2.26. The molecule has 0 aliphatic heterocycles. The van der Waals surface area contributed by atoms with E-state index >= 15 is 0 Å². The van der Waals surface area contributed by atoms with E-state index in [1.165, 1.54) is 42.5 Å². The Labute approximate surface area is 141 Å². The third-order valence-electron chi connectivity index (χ3n) is 3.36. The maximum absolute atomic E-state index is 13.5. The second kappa shape index (κ2) is 7.12. The number of aromatic nitrogens is 1. The predicted octanol–water partition coefficient (Wildman–Crippen LogP) is 3.67. The van der Waals surface area contributed by atoms with E-state index in [-0.39, 0.29) is 24.7 Å². The minimum absolute atomic E-state index is 0.0607. The molecule has 25 heavy (non-hydrogen) atoms. The quantitative estimate of drug-likeness (QED) is 0.691. The van der Waals surface area contributed by atoms with Crippen LogP contribution in [-0.2, 0) is 0 Å². The van der Waals surface area contributed by atoms with Gasteiger partial charge in [-0.3, -0.25) is 0 Å². The fourth-order valence-electron chi connectivity index (χ4n) is 2.26. The Morgan fingerprint density at radius 3 is 2.52 bits per heavy atom. The van der Waals surface area contributed by atoms with Crippen molar-refractivity contribution in [2.24, 2.45) is 0 Å². The first-order valence-corrected chi connectivity index (χ1v) is 7.38. The first kappa shape index (κ1) is 16.6. The lowest BCUT2D eigenvalue weighted by molar-refractivity contribution is 0.0690. The van der Waals surface area contributed by atoms with Crippen molar-refractivity contribution in [2.75, 3.05) is 13.2 Å². The molecule has 1 heterocycles. The average molecular weight is 345 g/mol. The zero-order valence-electron chi connectivity index (χ0n) is 12.9. The molecule has 0 saturated carbocycles. The minimum Gasteiger partial charge on any atom is -0.490 e. The largest absolute Gasteiger partial charge is 0.490 e. The maximum Gasteiger partial charge on any atom is 0.354 e. The van der Waals surface area contributed by atoms with Gasteiger partial charge in [-0.05, 0) is 30.3 Å². The average Bonchev–Trinajstić information content (AvgIpc) is 2.58. The van der Waals surface area contributed by atoms with E-state index in [2.05, 4.69) is 4.98 Å². The lowest BCUT2D eigenvalue weighted by atomic mass is 10.1. The van der Waals surface area contributed by atoms with Crippen LogP contribution in [0.15, 0.2) is 48.5 Å². The highest BCUT2D eigenvalue weighted by molar-refractivity contribution is 5.93. The van der Waals surface area contributed by atoms with Crippen LogP contribution >= 0.6 is 0 Å². The summed E-state index contributed by atoms with van der Waals surface area (Å²) in [6.45, 7) is 0.163. The predicted molar refractivity (Wildman–Crippen MR) is 86.1 cm³/mol. The number of carbonyl (C=O) groups is 1. The molecule has 1 aromatic heterocycles. The monoisotopic (exact) mass is 345 g/mol. The number of hydrogen-bond donors (Lipinski definition) is 1. The number of benzene rings is 2. The Morgan fingerprint density at radius 2 is 1.76 bits per heavy atom. The number of hydrogen-bond acceptors (Lipinski definition) is 4. The molecule has 0 aliphatic carbocycles. The Kier molecular flexibility index (Phi) is 4.74. The highest BCUT2D eigenvalue weighted by atomic mass is 19.1. The molecule has 0 atom stereocenters. The first-order chi connectivity index (χ1) is 12.0. The van der Waals surface area contributed by atoms with E-state index in [4.69, 9.17) is 14.6 Å². The summed E-state index contributed by atoms with van der Waals surface area (Å²) in [6.07, 6.45) is 0. The van der Waals surface area contributed by atoms with Gasteiger partial charge in [0.2, 0.25) is 0 Å². The summed E-state index contributed by atoms with van der Waals surface area (Å²) in [7, 11) is 0. The van der Waals surface area contributed by atoms with Crippen LogP contribution in [0.4, 0.5) is 8.78 Å². The van der Waals surface area contributed by atoms with Gasteiger partial charge in [0.1, 0.15) is 36.3 Å². The highest BCUT2D eigenvalue weighted by Gasteiger charge is 2.12. The number of aromatic carboxylic acids is 1. The molecule has 0 spiro atoms. The number of carboxylic acids is 1. The van der Waals surface area contributed by atoms with Crippen LogP contribution in [0.5, 0.6) is 11.5 Å². The molecule has 0 amide bonds. The smallest absolute Gasteiger partial charge is 0.354 e. The van der Waals surface area contributed by atoms with Gasteiger partial charge in [-0.1, -0.05) is 6.07 Å². The van der Waals surface area contributed by atoms with Crippen molar-refractivity contribution in [3.05, 3.63) is 65.9 Å². The van der Waals surface area contributed by atoms with Gasteiger partial charge >= 0.3 is 5.97 Å². The lowest BCUT2D eigenvalue weighted by Crippen LogP contribution is -2.10. The summed E-state index contributed by atoms with van der Waals surface area (Å²) in [5.74, 6) is -1.59. The van der Waals surface area contributed by atoms with Crippen LogP contribution in [0.1, 0.15) is 10.5 Å². The first-order valence-electron chi connectivity index (χ1n) is 7.38. The van der Waals surface area contributed by atoms with Gasteiger partial charge < -0.3 is 14.6 Å². The van der Waals surface area contributed by atoms with Gasteiger partial charge in [0.15, 0.2) is 5.69 Å². The third-order valence-corrected chi connectivity index (χ3v) is 3.36. The Balaban J connectivity index is 1.75. The summed E-state index contributed by atoms with van der Waals surface area (Å²) in [5, 5.41) is 9.47. The van der Waals surface area contributed by atoms with E-state index < -0.39 is 17.6 Å². The molecule has 0 fully saturated rings. The Hall–Kier alpha value is -3.22. The molecular weight excluding hydrogens is 332 g/mol. The normalized spacial score (nSPS) is 10.6. The number of pyridine rings is 1. The zero-order valence-corrected chi connectivity index (χ0v) is 12.9. The van der Waals surface area contributed by atoms with Crippen molar-refractivity contribution in [2.45, 2.75) is 0 Å². The maximum atomic E-state index is 13.5. The van der Waals surface area contributed by atoms with Crippen molar-refractivity contribution in [3.8, 4) is 11.5 Å². The number of rotatable bonds is 6. The van der Waals surface area contributed by atoms with Gasteiger partial charge in [0.05, 0.1) is 5.52 Å². The highest BCUT2D eigenvalue weighted by Crippen LogP contribution is 2.26. The lowest BCUT2D eigenvalue weighted by Gasteiger charge is -2.11. The summed E-state index contributed by atoms with van der Waals surface area (Å²) in [6, 6.07) is 10.7. The summed E-state index contributed by atoms with van der Waals surface area (Å²) in [5.41, 5.74) is 0.0995. The van der Waals surface area contributed by atoms with E-state index in [1.807, 2.05) is 0 Å². The number of fused-ring (bicyclic) bond motifs is 1. The van der Waals surface area contributed by atoms with E-state index in [0.717, 1.165) is 0 Å².